The molecular formula is C15H16N4O5. The summed E-state index contributed by atoms with van der Waals surface area (Å²) >= 11 is 0. The van der Waals surface area contributed by atoms with Crippen molar-refractivity contribution in [2.75, 3.05) is 12.3 Å². The summed E-state index contributed by atoms with van der Waals surface area (Å²) in [6, 6.07) is 1.77. The summed E-state index contributed by atoms with van der Waals surface area (Å²) < 4.78 is 12.3. The number of nitrogens with zero attached hydrogens (tertiary/aromatic N) is 3. The highest BCUT2D eigenvalue weighted by atomic mass is 16.6. The van der Waals surface area contributed by atoms with Crippen molar-refractivity contribution in [2.45, 2.75) is 24.5 Å². The molecule has 4 atom stereocenters. The predicted molar refractivity (Wildman–Crippen MR) is 82.7 cm³/mol. The summed E-state index contributed by atoms with van der Waals surface area (Å²) in [6.07, 6.45) is 1.91. The van der Waals surface area contributed by atoms with Gasteiger partial charge in [-0.3, -0.25) is 0 Å². The zero-order valence-corrected chi connectivity index (χ0v) is 12.5. The Morgan fingerprint density at radius 1 is 1.25 bits per heavy atom. The first-order valence-corrected chi connectivity index (χ1v) is 7.38. The van der Waals surface area contributed by atoms with Gasteiger partial charge in [0.05, 0.1) is 24.5 Å². The molecule has 3 aromatic rings. The van der Waals surface area contributed by atoms with Gasteiger partial charge in [0.25, 0.3) is 0 Å². The molecule has 0 spiro atoms. The van der Waals surface area contributed by atoms with Gasteiger partial charge < -0.3 is 34.8 Å². The number of rotatable bonds is 3. The second kappa shape index (κ2) is 5.56. The lowest BCUT2D eigenvalue weighted by Crippen LogP contribution is -2.33. The van der Waals surface area contributed by atoms with E-state index in [1.165, 1.54) is 12.6 Å². The van der Waals surface area contributed by atoms with Crippen LogP contribution in [-0.4, -0.2) is 54.8 Å². The summed E-state index contributed by atoms with van der Waals surface area (Å²) in [5.41, 5.74) is 7.94. The Morgan fingerprint density at radius 2 is 2.08 bits per heavy atom. The molecule has 1 fully saturated rings. The number of nitrogens with two attached hydrogens (primary N) is 1. The van der Waals surface area contributed by atoms with Crippen LogP contribution in [0.5, 0.6) is 0 Å². The molecule has 9 heteroatoms. The average Bonchev–Trinajstić information content (AvgIpc) is 3.28. The number of anilines is 1. The lowest BCUT2D eigenvalue weighted by atomic mass is 10.1. The zero-order chi connectivity index (χ0) is 16.8. The van der Waals surface area contributed by atoms with Crippen molar-refractivity contribution in [3.05, 3.63) is 31.1 Å². The number of aliphatic hydroxyl groups excluding tert-OH is 3. The van der Waals surface area contributed by atoms with E-state index in [4.69, 9.17) is 14.9 Å². The molecule has 1 unspecified atom stereocenters. The molecule has 0 radical (unpaired) electrons. The van der Waals surface area contributed by atoms with Crippen molar-refractivity contribution < 1.29 is 24.5 Å². The van der Waals surface area contributed by atoms with Gasteiger partial charge in [-0.15, -0.1) is 0 Å². The van der Waals surface area contributed by atoms with Crippen molar-refractivity contribution in [1.82, 2.24) is 14.5 Å². The second-order valence-corrected chi connectivity index (χ2v) is 5.65. The number of nitrogen functional groups attached to an aromatic ring is 1. The summed E-state index contributed by atoms with van der Waals surface area (Å²) in [5.74, 6) is 0.279. The predicted octanol–water partition coefficient (Wildman–Crippen LogP) is -0.115. The number of ether oxygens (including phenoxy) is 1. The summed E-state index contributed by atoms with van der Waals surface area (Å²) in [4.78, 5) is 8.25. The minimum absolute atomic E-state index is 0.279. The first kappa shape index (κ1) is 15.1. The molecule has 9 nitrogen and oxygen atoms in total. The number of furan rings is 1. The van der Waals surface area contributed by atoms with Gasteiger partial charge in [0.1, 0.15) is 36.1 Å². The normalized spacial score (nSPS) is 27.1. The molecule has 1 saturated heterocycles. The summed E-state index contributed by atoms with van der Waals surface area (Å²) in [6.45, 7) is -0.403. The molecule has 1 aliphatic rings. The van der Waals surface area contributed by atoms with E-state index in [1.807, 2.05) is 0 Å². The average molecular weight is 332 g/mol. The maximum absolute atomic E-state index is 10.3. The Balaban J connectivity index is 1.90. The zero-order valence-electron chi connectivity index (χ0n) is 12.5. The van der Waals surface area contributed by atoms with Crippen LogP contribution in [-0.2, 0) is 4.74 Å². The largest absolute Gasteiger partial charge is 0.472 e. The highest BCUT2D eigenvalue weighted by molar-refractivity contribution is 6.00. The van der Waals surface area contributed by atoms with Crippen LogP contribution in [0.4, 0.5) is 5.82 Å². The van der Waals surface area contributed by atoms with Crippen molar-refractivity contribution in [3.63, 3.8) is 0 Å². The smallest absolute Gasteiger partial charge is 0.164 e. The first-order valence-electron chi connectivity index (χ1n) is 7.38. The first-order chi connectivity index (χ1) is 11.6. The molecule has 1 aliphatic heterocycles. The second-order valence-electron chi connectivity index (χ2n) is 5.65. The van der Waals surface area contributed by atoms with Crippen LogP contribution in [0.1, 0.15) is 6.23 Å². The SMILES string of the molecule is Nc1ncnc2c1c(-c1ccoc1)cn2[C@@H]1O[C@H](CO)C(O)[C@@H]1O. The lowest BCUT2D eigenvalue weighted by molar-refractivity contribution is -0.0508. The van der Waals surface area contributed by atoms with Crippen molar-refractivity contribution in [1.29, 1.82) is 0 Å². The fourth-order valence-corrected chi connectivity index (χ4v) is 3.05. The minimum atomic E-state index is -1.22. The van der Waals surface area contributed by atoms with Gasteiger partial charge in [0.2, 0.25) is 0 Å². The van der Waals surface area contributed by atoms with Crippen LogP contribution in [0.15, 0.2) is 35.5 Å². The molecular weight excluding hydrogens is 316 g/mol. The molecule has 0 saturated carbocycles. The van der Waals surface area contributed by atoms with E-state index >= 15 is 0 Å². The van der Waals surface area contributed by atoms with E-state index in [-0.39, 0.29) is 5.82 Å². The van der Waals surface area contributed by atoms with E-state index in [2.05, 4.69) is 9.97 Å². The van der Waals surface area contributed by atoms with Crippen LogP contribution < -0.4 is 5.73 Å². The van der Waals surface area contributed by atoms with Crippen molar-refractivity contribution >= 4 is 16.9 Å². The van der Waals surface area contributed by atoms with Crippen LogP contribution in [0.3, 0.4) is 0 Å². The molecule has 4 heterocycles. The Labute approximate surface area is 135 Å². The highest BCUT2D eigenvalue weighted by Crippen LogP contribution is 2.38. The summed E-state index contributed by atoms with van der Waals surface area (Å²) in [5, 5.41) is 30.1. The molecule has 0 aromatic carbocycles. The summed E-state index contributed by atoms with van der Waals surface area (Å²) in [7, 11) is 0. The molecule has 0 amide bonds. The van der Waals surface area contributed by atoms with Gasteiger partial charge in [0, 0.05) is 17.3 Å². The number of fused-ring (bicyclic) bond motifs is 1. The van der Waals surface area contributed by atoms with Gasteiger partial charge in [-0.1, -0.05) is 0 Å². The maximum atomic E-state index is 10.3. The Kier molecular flexibility index (Phi) is 3.50. The number of hydrogen-bond acceptors (Lipinski definition) is 8. The molecule has 0 bridgehead atoms. The van der Waals surface area contributed by atoms with Gasteiger partial charge >= 0.3 is 0 Å². The van der Waals surface area contributed by atoms with Crippen LogP contribution in [0.25, 0.3) is 22.2 Å². The molecule has 0 aliphatic carbocycles. The molecule has 5 N–H and O–H groups in total. The van der Waals surface area contributed by atoms with E-state index in [0.717, 1.165) is 11.1 Å². The van der Waals surface area contributed by atoms with Crippen LogP contribution in [0, 0.1) is 0 Å². The van der Waals surface area contributed by atoms with Crippen LogP contribution >= 0.6 is 0 Å². The van der Waals surface area contributed by atoms with E-state index < -0.39 is 31.1 Å². The fraction of sp³-hybridized carbons (Fsp3) is 0.333. The third kappa shape index (κ3) is 2.10. The maximum Gasteiger partial charge on any atom is 0.164 e. The van der Waals surface area contributed by atoms with Gasteiger partial charge in [-0.25, -0.2) is 9.97 Å². The van der Waals surface area contributed by atoms with Gasteiger partial charge in [-0.05, 0) is 6.07 Å². The van der Waals surface area contributed by atoms with Gasteiger partial charge in [0.15, 0.2) is 6.23 Å². The Hall–Kier alpha value is -2.46. The lowest BCUT2D eigenvalue weighted by Gasteiger charge is -2.17. The number of aromatic nitrogens is 3. The highest BCUT2D eigenvalue weighted by Gasteiger charge is 2.44. The van der Waals surface area contributed by atoms with Crippen molar-refractivity contribution in [2.24, 2.45) is 0 Å². The van der Waals surface area contributed by atoms with Gasteiger partial charge in [-0.2, -0.15) is 0 Å². The third-order valence-electron chi connectivity index (χ3n) is 4.26. The monoisotopic (exact) mass is 332 g/mol. The van der Waals surface area contributed by atoms with E-state index in [1.54, 1.807) is 23.1 Å². The Bertz CT molecular complexity index is 862. The van der Waals surface area contributed by atoms with E-state index in [0.29, 0.717) is 11.0 Å². The Morgan fingerprint density at radius 3 is 2.75 bits per heavy atom. The minimum Gasteiger partial charge on any atom is -0.472 e. The number of aliphatic hydroxyl groups is 3. The van der Waals surface area contributed by atoms with Crippen molar-refractivity contribution in [3.8, 4) is 11.1 Å². The van der Waals surface area contributed by atoms with Crippen LogP contribution in [0.2, 0.25) is 0 Å². The molecule has 126 valence electrons. The molecule has 3 aromatic heterocycles. The van der Waals surface area contributed by atoms with E-state index in [9.17, 15) is 15.3 Å². The quantitative estimate of drug-likeness (QED) is 0.520. The fourth-order valence-electron chi connectivity index (χ4n) is 3.05. The molecule has 24 heavy (non-hydrogen) atoms. The topological polar surface area (TPSA) is 140 Å². The number of hydrogen-bond donors (Lipinski definition) is 4. The third-order valence-corrected chi connectivity index (χ3v) is 4.26. The molecule has 4 rings (SSSR count). The standard InChI is InChI=1S/C15H16N4O5/c16-13-10-8(7-1-2-23-5-7)3-19(14(10)18-6-17-13)15-12(22)11(21)9(4-20)24-15/h1-3,5-6,9,11-12,15,20-22H,4H2,(H2,16,17,18)/t9-,11?,12+,15-/m1/s1.